The van der Waals surface area contributed by atoms with E-state index in [2.05, 4.69) is 23.8 Å². The Kier molecular flexibility index (Phi) is 6.91. The van der Waals surface area contributed by atoms with E-state index < -0.39 is 0 Å². The Balaban J connectivity index is 0.00000112. The van der Waals surface area contributed by atoms with Crippen LogP contribution in [0.4, 0.5) is 0 Å². The molecule has 2 nitrogen and oxygen atoms in total. The van der Waals surface area contributed by atoms with Crippen LogP contribution in [0.2, 0.25) is 0 Å². The van der Waals surface area contributed by atoms with E-state index in [9.17, 15) is 0 Å². The molecule has 0 aromatic heterocycles. The second-order valence-corrected chi connectivity index (χ2v) is 5.01. The zero-order valence-corrected chi connectivity index (χ0v) is 13.5. The Morgan fingerprint density at radius 1 is 0.933 bits per heavy atom. The third kappa shape index (κ3) is 4.38. The molecule has 2 fully saturated rings. The van der Waals surface area contributed by atoms with Crippen LogP contribution < -0.4 is 51.4 Å². The van der Waals surface area contributed by atoms with Gasteiger partial charge in [-0.15, -0.1) is 0 Å². The molecule has 0 aromatic rings. The molecule has 0 aromatic carbocycles. The minimum atomic E-state index is 0. The zero-order chi connectivity index (χ0) is 9.97. The van der Waals surface area contributed by atoms with E-state index in [-0.39, 0.29) is 51.4 Å². The molecule has 0 bridgehead atoms. The SMILES string of the molecule is [CH2-]C1CCN(C2CCN(C)CC2)CC1.[K+]. The summed E-state index contributed by atoms with van der Waals surface area (Å²) in [6, 6.07) is 0.874. The fraction of sp³-hybridized carbons (Fsp3) is 0.917. The monoisotopic (exact) mass is 234 g/mol. The number of nitrogens with zero attached hydrogens (tertiary/aromatic N) is 2. The second kappa shape index (κ2) is 7.09. The molecule has 0 atom stereocenters. The van der Waals surface area contributed by atoms with Gasteiger partial charge in [-0.1, -0.05) is 12.8 Å². The van der Waals surface area contributed by atoms with Crippen LogP contribution in [0.1, 0.15) is 25.7 Å². The summed E-state index contributed by atoms with van der Waals surface area (Å²) in [6.45, 7) is 9.32. The van der Waals surface area contributed by atoms with E-state index >= 15 is 0 Å². The Morgan fingerprint density at radius 3 is 2.00 bits per heavy atom. The smallest absolute Gasteiger partial charge is 0.340 e. The van der Waals surface area contributed by atoms with Gasteiger partial charge in [0.15, 0.2) is 0 Å². The van der Waals surface area contributed by atoms with E-state index in [0.29, 0.717) is 0 Å². The van der Waals surface area contributed by atoms with Crippen molar-refractivity contribution >= 4 is 0 Å². The minimum absolute atomic E-state index is 0. The number of piperidine rings is 2. The number of likely N-dealkylation sites (tertiary alicyclic amines) is 2. The summed E-state index contributed by atoms with van der Waals surface area (Å²) in [4.78, 5) is 5.15. The van der Waals surface area contributed by atoms with Crippen molar-refractivity contribution in [3.05, 3.63) is 6.92 Å². The number of hydrogen-bond acceptors (Lipinski definition) is 2. The van der Waals surface area contributed by atoms with Gasteiger partial charge >= 0.3 is 51.4 Å². The molecule has 0 unspecified atom stereocenters. The van der Waals surface area contributed by atoms with Gasteiger partial charge in [0.1, 0.15) is 0 Å². The molecule has 15 heavy (non-hydrogen) atoms. The molecule has 0 saturated carbocycles. The van der Waals surface area contributed by atoms with Gasteiger partial charge in [0.05, 0.1) is 0 Å². The molecule has 0 amide bonds. The van der Waals surface area contributed by atoms with Gasteiger partial charge < -0.3 is 16.7 Å². The molecule has 0 N–H and O–H groups in total. The van der Waals surface area contributed by atoms with Crippen molar-refractivity contribution in [2.45, 2.75) is 31.7 Å². The summed E-state index contributed by atoms with van der Waals surface area (Å²) in [7, 11) is 2.23. The van der Waals surface area contributed by atoms with Gasteiger partial charge in [0.2, 0.25) is 0 Å². The molecule has 3 heteroatoms. The van der Waals surface area contributed by atoms with Crippen LogP contribution in [0.5, 0.6) is 0 Å². The first-order valence-electron chi connectivity index (χ1n) is 6.01. The van der Waals surface area contributed by atoms with E-state index in [1.165, 1.54) is 51.9 Å². The fourth-order valence-corrected chi connectivity index (χ4v) is 2.68. The molecule has 82 valence electrons. The molecule has 2 aliphatic heterocycles. The van der Waals surface area contributed by atoms with Crippen molar-refractivity contribution in [2.75, 3.05) is 33.2 Å². The molecule has 2 saturated heterocycles. The summed E-state index contributed by atoms with van der Waals surface area (Å²) in [5, 5.41) is 0. The predicted molar refractivity (Wildman–Crippen MR) is 60.2 cm³/mol. The summed E-state index contributed by atoms with van der Waals surface area (Å²) >= 11 is 0. The Labute approximate surface area is 137 Å². The molecule has 0 spiro atoms. The molecule has 0 aliphatic carbocycles. The van der Waals surface area contributed by atoms with Gasteiger partial charge in [-0.3, -0.25) is 0 Å². The van der Waals surface area contributed by atoms with Crippen LogP contribution in [-0.2, 0) is 0 Å². The molecule has 2 heterocycles. The van der Waals surface area contributed by atoms with Crippen LogP contribution in [0.3, 0.4) is 0 Å². The molecule has 2 rings (SSSR count). The van der Waals surface area contributed by atoms with E-state index in [1.54, 1.807) is 0 Å². The molecule has 2 aliphatic rings. The number of rotatable bonds is 1. The van der Waals surface area contributed by atoms with Gasteiger partial charge in [0, 0.05) is 6.04 Å². The predicted octanol–water partition coefficient (Wildman–Crippen LogP) is -1.37. The maximum Gasteiger partial charge on any atom is 1.00 e. The van der Waals surface area contributed by atoms with E-state index in [1.807, 2.05) is 0 Å². The summed E-state index contributed by atoms with van der Waals surface area (Å²) in [5.41, 5.74) is 0. The van der Waals surface area contributed by atoms with Crippen molar-refractivity contribution in [1.82, 2.24) is 9.80 Å². The van der Waals surface area contributed by atoms with Gasteiger partial charge in [-0.25, -0.2) is 0 Å². The van der Waals surface area contributed by atoms with Gasteiger partial charge in [0.25, 0.3) is 0 Å². The standard InChI is InChI=1S/C12H23N2.K/c1-11-3-9-14(10-4-11)12-5-7-13(2)8-6-12;/h11-12H,1,3-10H2,2H3;/q-1;+1. The van der Waals surface area contributed by atoms with Gasteiger partial charge in [-0.2, -0.15) is 5.92 Å². The first kappa shape index (κ1) is 14.6. The average Bonchev–Trinajstić information content (AvgIpc) is 2.21. The van der Waals surface area contributed by atoms with Crippen LogP contribution in [0.15, 0.2) is 0 Å². The van der Waals surface area contributed by atoms with Crippen molar-refractivity contribution in [3.8, 4) is 0 Å². The maximum absolute atomic E-state index is 4.15. The third-order valence-electron chi connectivity index (χ3n) is 3.85. The average molecular weight is 234 g/mol. The van der Waals surface area contributed by atoms with E-state index in [0.717, 1.165) is 12.0 Å². The van der Waals surface area contributed by atoms with Gasteiger partial charge in [-0.05, 0) is 46.1 Å². The third-order valence-corrected chi connectivity index (χ3v) is 3.85. The van der Waals surface area contributed by atoms with Crippen LogP contribution >= 0.6 is 0 Å². The topological polar surface area (TPSA) is 6.48 Å². The van der Waals surface area contributed by atoms with Crippen molar-refractivity contribution in [1.29, 1.82) is 0 Å². The largest absolute Gasteiger partial charge is 1.00 e. The fourth-order valence-electron chi connectivity index (χ4n) is 2.68. The molecular weight excluding hydrogens is 211 g/mol. The number of hydrogen-bond donors (Lipinski definition) is 0. The normalized spacial score (nSPS) is 27.6. The van der Waals surface area contributed by atoms with Crippen LogP contribution in [-0.4, -0.2) is 49.1 Å². The Hall–Kier alpha value is 1.56. The van der Waals surface area contributed by atoms with Crippen molar-refractivity contribution in [2.24, 2.45) is 5.92 Å². The Bertz CT molecular complexity index is 150. The minimum Gasteiger partial charge on any atom is -0.340 e. The van der Waals surface area contributed by atoms with Crippen LogP contribution in [0.25, 0.3) is 0 Å². The van der Waals surface area contributed by atoms with Crippen molar-refractivity contribution in [3.63, 3.8) is 0 Å². The first-order valence-corrected chi connectivity index (χ1v) is 6.01. The van der Waals surface area contributed by atoms with E-state index in [4.69, 9.17) is 0 Å². The maximum atomic E-state index is 4.15. The molecular formula is C12H23KN2. The zero-order valence-electron chi connectivity index (χ0n) is 10.4. The van der Waals surface area contributed by atoms with Crippen molar-refractivity contribution < 1.29 is 51.4 Å². The summed E-state index contributed by atoms with van der Waals surface area (Å²) < 4.78 is 0. The quantitative estimate of drug-likeness (QED) is 0.408. The van der Waals surface area contributed by atoms with Crippen LogP contribution in [0, 0.1) is 12.8 Å². The second-order valence-electron chi connectivity index (χ2n) is 5.01. The summed E-state index contributed by atoms with van der Waals surface area (Å²) in [5.74, 6) is 0.720. The summed E-state index contributed by atoms with van der Waals surface area (Å²) in [6.07, 6.45) is 5.37. The molecule has 0 radical (unpaired) electrons. The Morgan fingerprint density at radius 2 is 1.47 bits per heavy atom. The first-order chi connectivity index (χ1) is 6.75.